The van der Waals surface area contributed by atoms with Crippen molar-refractivity contribution in [3.8, 4) is 0 Å². The summed E-state index contributed by atoms with van der Waals surface area (Å²) in [7, 11) is -3.58. The fraction of sp³-hybridized carbons (Fsp3) is 0.333. The largest absolute Gasteiger partial charge is 0.352 e. The molecule has 9 heteroatoms. The number of hydrogen-bond donors (Lipinski definition) is 1. The molecule has 0 aliphatic carbocycles. The summed E-state index contributed by atoms with van der Waals surface area (Å²) in [5, 5.41) is 2.90. The maximum absolute atomic E-state index is 14.7. The topological polar surface area (TPSA) is 86.8 Å². The first-order valence-corrected chi connectivity index (χ1v) is 14.8. The number of rotatable bonds is 13. The van der Waals surface area contributed by atoms with Gasteiger partial charge < -0.3 is 10.2 Å². The molecule has 1 N–H and O–H groups in total. The number of hydrogen-bond acceptors (Lipinski definition) is 4. The lowest BCUT2D eigenvalue weighted by Gasteiger charge is -2.32. The zero-order valence-corrected chi connectivity index (χ0v) is 23.4. The fourth-order valence-corrected chi connectivity index (χ4v) is 5.31. The van der Waals surface area contributed by atoms with E-state index in [0.717, 1.165) is 11.8 Å². The van der Waals surface area contributed by atoms with Gasteiger partial charge in [-0.15, -0.1) is 0 Å². The van der Waals surface area contributed by atoms with Crippen LogP contribution in [0, 0.1) is 5.82 Å². The molecule has 208 valence electrons. The molecule has 0 fully saturated rings. The maximum Gasteiger partial charge on any atom is 0.243 e. The van der Waals surface area contributed by atoms with Crippen molar-refractivity contribution in [2.45, 2.75) is 51.7 Å². The van der Waals surface area contributed by atoms with E-state index in [1.807, 2.05) is 44.2 Å². The molecular formula is C30H36FN3O4S. The molecule has 7 nitrogen and oxygen atoms in total. The molecule has 0 aliphatic heterocycles. The van der Waals surface area contributed by atoms with Crippen LogP contribution >= 0.6 is 0 Å². The van der Waals surface area contributed by atoms with Gasteiger partial charge in [0.1, 0.15) is 11.9 Å². The summed E-state index contributed by atoms with van der Waals surface area (Å²) in [6.07, 6.45) is 1.57. The Morgan fingerprint density at radius 2 is 1.49 bits per heavy atom. The highest BCUT2D eigenvalue weighted by Gasteiger charge is 2.31. The van der Waals surface area contributed by atoms with Gasteiger partial charge in [-0.2, -0.15) is 0 Å². The second-order valence-electron chi connectivity index (χ2n) is 9.76. The van der Waals surface area contributed by atoms with E-state index in [-0.39, 0.29) is 50.2 Å². The predicted octanol–water partition coefficient (Wildman–Crippen LogP) is 4.54. The molecule has 1 unspecified atom stereocenters. The number of amides is 2. The molecule has 1 atom stereocenters. The molecule has 0 spiro atoms. The van der Waals surface area contributed by atoms with Crippen LogP contribution in [0.2, 0.25) is 0 Å². The van der Waals surface area contributed by atoms with Gasteiger partial charge in [0, 0.05) is 37.5 Å². The van der Waals surface area contributed by atoms with Crippen molar-refractivity contribution in [1.29, 1.82) is 0 Å². The van der Waals surface area contributed by atoms with Gasteiger partial charge in [0.15, 0.2) is 0 Å². The van der Waals surface area contributed by atoms with Crippen LogP contribution in [0.15, 0.2) is 84.9 Å². The average molecular weight is 554 g/mol. The smallest absolute Gasteiger partial charge is 0.243 e. The molecule has 3 rings (SSSR count). The Labute approximate surface area is 230 Å². The minimum atomic E-state index is -3.58. The minimum Gasteiger partial charge on any atom is -0.352 e. The zero-order valence-electron chi connectivity index (χ0n) is 22.6. The van der Waals surface area contributed by atoms with Crippen molar-refractivity contribution in [3.63, 3.8) is 0 Å². The summed E-state index contributed by atoms with van der Waals surface area (Å²) in [6.45, 7) is 3.67. The molecule has 3 aromatic carbocycles. The van der Waals surface area contributed by atoms with Crippen LogP contribution in [-0.2, 0) is 32.6 Å². The highest BCUT2D eigenvalue weighted by Crippen LogP contribution is 2.20. The Morgan fingerprint density at radius 3 is 2.08 bits per heavy atom. The summed E-state index contributed by atoms with van der Waals surface area (Å²) >= 11 is 0. The Hall–Kier alpha value is -3.72. The van der Waals surface area contributed by atoms with Gasteiger partial charge >= 0.3 is 0 Å². The predicted molar refractivity (Wildman–Crippen MR) is 152 cm³/mol. The number of nitrogens with one attached hydrogen (secondary N) is 1. The van der Waals surface area contributed by atoms with E-state index in [9.17, 15) is 22.4 Å². The van der Waals surface area contributed by atoms with E-state index < -0.39 is 21.9 Å². The third-order valence-corrected chi connectivity index (χ3v) is 7.39. The number of anilines is 1. The van der Waals surface area contributed by atoms with Gasteiger partial charge in [-0.3, -0.25) is 13.9 Å². The lowest BCUT2D eigenvalue weighted by molar-refractivity contribution is -0.141. The normalized spacial score (nSPS) is 12.1. The van der Waals surface area contributed by atoms with Crippen molar-refractivity contribution in [1.82, 2.24) is 10.2 Å². The standard InChI is InChI=1S/C30H36FN3O4S/c1-23(2)32-30(36)28(21-24-13-6-4-7-14-24)33(22-25-15-10-11-18-27(25)31)29(35)19-12-20-34(39(3,37)38)26-16-8-5-9-17-26/h4-11,13-18,23,28H,12,19-22H2,1-3H3,(H,32,36). The Bertz CT molecular complexity index is 1330. The van der Waals surface area contributed by atoms with Crippen LogP contribution in [0.1, 0.15) is 37.8 Å². The number of para-hydroxylation sites is 1. The number of sulfonamides is 1. The zero-order chi connectivity index (χ0) is 28.4. The lowest BCUT2D eigenvalue weighted by Crippen LogP contribution is -2.52. The third-order valence-electron chi connectivity index (χ3n) is 6.20. The number of carbonyl (C=O) groups excluding carboxylic acids is 2. The molecule has 2 amide bonds. The number of halogens is 1. The van der Waals surface area contributed by atoms with Crippen molar-refractivity contribution < 1.29 is 22.4 Å². The molecule has 3 aromatic rings. The van der Waals surface area contributed by atoms with Crippen LogP contribution in [0.25, 0.3) is 0 Å². The SMILES string of the molecule is CC(C)NC(=O)C(Cc1ccccc1)N(Cc1ccccc1F)C(=O)CCCN(c1ccccc1)S(C)(=O)=O. The van der Waals surface area contributed by atoms with Gasteiger partial charge in [-0.25, -0.2) is 12.8 Å². The molecule has 0 radical (unpaired) electrons. The number of carbonyl (C=O) groups is 2. The summed E-state index contributed by atoms with van der Waals surface area (Å²) < 4.78 is 40.9. The van der Waals surface area contributed by atoms with E-state index in [4.69, 9.17) is 0 Å². The van der Waals surface area contributed by atoms with E-state index in [1.54, 1.807) is 48.5 Å². The second-order valence-corrected chi connectivity index (χ2v) is 11.7. The molecule has 0 aliphatic rings. The molecule has 39 heavy (non-hydrogen) atoms. The fourth-order valence-electron chi connectivity index (χ4n) is 4.34. The van der Waals surface area contributed by atoms with Crippen LogP contribution in [0.3, 0.4) is 0 Å². The summed E-state index contributed by atoms with van der Waals surface area (Å²) in [6, 6.07) is 23.2. The number of benzene rings is 3. The Kier molecular flexibility index (Phi) is 10.6. The Balaban J connectivity index is 1.88. The van der Waals surface area contributed by atoms with Gasteiger partial charge in [-0.1, -0.05) is 66.7 Å². The van der Waals surface area contributed by atoms with Crippen molar-refractivity contribution in [2.24, 2.45) is 0 Å². The summed E-state index contributed by atoms with van der Waals surface area (Å²) in [5.74, 6) is -1.16. The van der Waals surface area contributed by atoms with Crippen molar-refractivity contribution in [2.75, 3.05) is 17.1 Å². The molecule has 0 saturated heterocycles. The van der Waals surface area contributed by atoms with Crippen LogP contribution < -0.4 is 9.62 Å². The van der Waals surface area contributed by atoms with Crippen LogP contribution in [0.5, 0.6) is 0 Å². The first kappa shape index (κ1) is 29.8. The summed E-state index contributed by atoms with van der Waals surface area (Å²) in [5.41, 5.74) is 1.66. The average Bonchev–Trinajstić information content (AvgIpc) is 2.89. The molecule has 0 heterocycles. The molecule has 0 saturated carbocycles. The van der Waals surface area contributed by atoms with Crippen LogP contribution in [-0.4, -0.2) is 50.0 Å². The molecule has 0 aromatic heterocycles. The molecule has 0 bridgehead atoms. The van der Waals surface area contributed by atoms with Gasteiger partial charge in [0.05, 0.1) is 11.9 Å². The van der Waals surface area contributed by atoms with Gasteiger partial charge in [0.2, 0.25) is 21.8 Å². The van der Waals surface area contributed by atoms with Gasteiger partial charge in [0.25, 0.3) is 0 Å². The van der Waals surface area contributed by atoms with Crippen LogP contribution in [0.4, 0.5) is 10.1 Å². The Morgan fingerprint density at radius 1 is 0.897 bits per heavy atom. The van der Waals surface area contributed by atoms with Crippen molar-refractivity contribution >= 4 is 27.5 Å². The van der Waals surface area contributed by atoms with E-state index in [0.29, 0.717) is 11.3 Å². The third kappa shape index (κ3) is 8.92. The van der Waals surface area contributed by atoms with Crippen molar-refractivity contribution in [3.05, 3.63) is 102 Å². The quantitative estimate of drug-likeness (QED) is 0.337. The minimum absolute atomic E-state index is 0.0203. The highest BCUT2D eigenvalue weighted by atomic mass is 32.2. The monoisotopic (exact) mass is 553 g/mol. The van der Waals surface area contributed by atoms with E-state index in [2.05, 4.69) is 5.32 Å². The first-order valence-electron chi connectivity index (χ1n) is 13.0. The molecular weight excluding hydrogens is 517 g/mol. The van der Waals surface area contributed by atoms with Gasteiger partial charge in [-0.05, 0) is 44.0 Å². The van der Waals surface area contributed by atoms with E-state index >= 15 is 0 Å². The highest BCUT2D eigenvalue weighted by molar-refractivity contribution is 7.92. The maximum atomic E-state index is 14.7. The second kappa shape index (κ2) is 13.9. The first-order chi connectivity index (χ1) is 18.6. The number of nitrogens with zero attached hydrogens (tertiary/aromatic N) is 2. The summed E-state index contributed by atoms with van der Waals surface area (Å²) in [4.78, 5) is 28.5. The lowest BCUT2D eigenvalue weighted by atomic mass is 10.0. The van der Waals surface area contributed by atoms with E-state index in [1.165, 1.54) is 15.3 Å².